The quantitative estimate of drug-likeness (QED) is 0.339. The Morgan fingerprint density at radius 3 is 2.29 bits per heavy atom. The number of nitrogens with one attached hydrogen (secondary N) is 1. The van der Waals surface area contributed by atoms with Gasteiger partial charge in [-0.1, -0.05) is 40.9 Å². The Hall–Kier alpha value is -3.52. The molecule has 1 saturated heterocycles. The van der Waals surface area contributed by atoms with E-state index in [1.54, 1.807) is 30.3 Å². The lowest BCUT2D eigenvalue weighted by Gasteiger charge is -2.26. The predicted molar refractivity (Wildman–Crippen MR) is 129 cm³/mol. The van der Waals surface area contributed by atoms with E-state index in [1.165, 1.54) is 36.4 Å². The van der Waals surface area contributed by atoms with Gasteiger partial charge in [0, 0.05) is 26.2 Å². The van der Waals surface area contributed by atoms with E-state index in [9.17, 15) is 19.5 Å². The van der Waals surface area contributed by atoms with Crippen molar-refractivity contribution >= 4 is 64.4 Å². The van der Waals surface area contributed by atoms with Crippen molar-refractivity contribution < 1.29 is 24.2 Å². The summed E-state index contributed by atoms with van der Waals surface area (Å²) in [4.78, 5) is 38.6. The minimum Gasteiger partial charge on any atom is -0.507 e. The summed E-state index contributed by atoms with van der Waals surface area (Å²) in [7, 11) is 0. The van der Waals surface area contributed by atoms with Gasteiger partial charge in [0.1, 0.15) is 23.7 Å². The molecule has 0 atom stereocenters. The van der Waals surface area contributed by atoms with Crippen LogP contribution < -0.4 is 15.0 Å². The normalized spacial score (nSPS) is 15.0. The number of halogens is 3. The molecule has 0 radical (unpaired) electrons. The number of nitrogens with zero attached hydrogens (tertiary/aromatic N) is 1. The summed E-state index contributed by atoms with van der Waals surface area (Å²) < 4.78 is 5.71. The molecule has 0 unspecified atom stereocenters. The van der Waals surface area contributed by atoms with Crippen LogP contribution >= 0.6 is 34.8 Å². The average molecular weight is 518 g/mol. The minimum atomic E-state index is -0.899. The predicted octanol–water partition coefficient (Wildman–Crippen LogP) is 5.60. The number of phenolic OH excluding ortho intramolecular Hbond substituents is 1. The summed E-state index contributed by atoms with van der Waals surface area (Å²) in [6, 6.07) is 14.5. The number of benzene rings is 3. The number of imide groups is 2. The number of ether oxygens (including phenoxy) is 1. The Balaban J connectivity index is 1.55. The second-order valence-corrected chi connectivity index (χ2v) is 8.46. The first-order valence-electron chi connectivity index (χ1n) is 9.79. The molecule has 0 aliphatic carbocycles. The maximum atomic E-state index is 13.0. The molecule has 3 aromatic rings. The fraction of sp³-hybridized carbons (Fsp3) is 0.0417. The van der Waals surface area contributed by atoms with Crippen LogP contribution in [-0.4, -0.2) is 23.0 Å². The van der Waals surface area contributed by atoms with Crippen molar-refractivity contribution in [1.29, 1.82) is 0 Å². The summed E-state index contributed by atoms with van der Waals surface area (Å²) in [5.74, 6) is -1.45. The molecule has 7 nitrogen and oxygen atoms in total. The van der Waals surface area contributed by atoms with Crippen LogP contribution in [0.4, 0.5) is 10.5 Å². The molecule has 1 fully saturated rings. The van der Waals surface area contributed by atoms with Crippen LogP contribution in [-0.2, 0) is 16.2 Å². The van der Waals surface area contributed by atoms with Crippen molar-refractivity contribution in [2.75, 3.05) is 4.90 Å². The van der Waals surface area contributed by atoms with Gasteiger partial charge < -0.3 is 9.84 Å². The van der Waals surface area contributed by atoms with Crippen LogP contribution in [0.25, 0.3) is 6.08 Å². The van der Waals surface area contributed by atoms with Crippen molar-refractivity contribution in [3.63, 3.8) is 0 Å². The highest BCUT2D eigenvalue weighted by Gasteiger charge is 2.37. The number of barbiturate groups is 1. The molecule has 0 aromatic heterocycles. The summed E-state index contributed by atoms with van der Waals surface area (Å²) in [6.07, 6.45) is 1.17. The van der Waals surface area contributed by atoms with E-state index < -0.39 is 17.8 Å². The van der Waals surface area contributed by atoms with Crippen LogP contribution in [0, 0.1) is 0 Å². The maximum absolute atomic E-state index is 13.0. The first-order valence-corrected chi connectivity index (χ1v) is 10.9. The highest BCUT2D eigenvalue weighted by atomic mass is 35.5. The highest BCUT2D eigenvalue weighted by Crippen LogP contribution is 2.28. The lowest BCUT2D eigenvalue weighted by Crippen LogP contribution is -2.54. The number of urea groups is 1. The lowest BCUT2D eigenvalue weighted by molar-refractivity contribution is -0.122. The van der Waals surface area contributed by atoms with Crippen molar-refractivity contribution in [1.82, 2.24) is 5.32 Å². The number of hydrogen-bond donors (Lipinski definition) is 2. The number of aromatic hydroxyl groups is 1. The van der Waals surface area contributed by atoms with Gasteiger partial charge in [-0.15, -0.1) is 0 Å². The van der Waals surface area contributed by atoms with Crippen molar-refractivity contribution in [2.24, 2.45) is 0 Å². The molecule has 1 heterocycles. The van der Waals surface area contributed by atoms with Crippen LogP contribution in [0.2, 0.25) is 15.1 Å². The number of anilines is 1. The second kappa shape index (κ2) is 9.77. The molecular formula is C24H15Cl3N2O5. The van der Waals surface area contributed by atoms with E-state index in [4.69, 9.17) is 39.5 Å². The monoisotopic (exact) mass is 516 g/mol. The number of amides is 4. The molecule has 4 amide bonds. The molecule has 1 aliphatic rings. The molecule has 3 aromatic carbocycles. The van der Waals surface area contributed by atoms with Crippen LogP contribution in [0.3, 0.4) is 0 Å². The number of rotatable bonds is 5. The van der Waals surface area contributed by atoms with Gasteiger partial charge in [-0.2, -0.15) is 0 Å². The maximum Gasteiger partial charge on any atom is 0.335 e. The highest BCUT2D eigenvalue weighted by molar-refractivity contribution is 6.39. The largest absolute Gasteiger partial charge is 0.507 e. The minimum absolute atomic E-state index is 0.157. The Morgan fingerprint density at radius 1 is 0.912 bits per heavy atom. The van der Waals surface area contributed by atoms with Gasteiger partial charge in [-0.25, -0.2) is 9.69 Å². The first-order chi connectivity index (χ1) is 16.2. The van der Waals surface area contributed by atoms with Crippen molar-refractivity contribution in [3.05, 3.63) is 92.4 Å². The lowest BCUT2D eigenvalue weighted by atomic mass is 10.1. The molecule has 0 bridgehead atoms. The molecule has 10 heteroatoms. The van der Waals surface area contributed by atoms with E-state index in [0.29, 0.717) is 20.8 Å². The summed E-state index contributed by atoms with van der Waals surface area (Å²) in [6.45, 7) is 0.184. The smallest absolute Gasteiger partial charge is 0.335 e. The van der Waals surface area contributed by atoms with Gasteiger partial charge in [-0.05, 0) is 60.7 Å². The molecule has 4 rings (SSSR count). The molecule has 2 N–H and O–H groups in total. The Bertz CT molecular complexity index is 1340. The fourth-order valence-corrected chi connectivity index (χ4v) is 3.82. The summed E-state index contributed by atoms with van der Waals surface area (Å²) in [5.41, 5.74) is 0.770. The number of carbonyl (C=O) groups is 3. The zero-order chi connectivity index (χ0) is 24.4. The molecule has 1 aliphatic heterocycles. The van der Waals surface area contributed by atoms with Crippen LogP contribution in [0.15, 0.2) is 66.2 Å². The summed E-state index contributed by atoms with van der Waals surface area (Å²) >= 11 is 18.0. The number of carbonyl (C=O) groups excluding carboxylic acids is 3. The number of phenols is 1. The van der Waals surface area contributed by atoms with E-state index in [1.807, 2.05) is 0 Å². The zero-order valence-corrected chi connectivity index (χ0v) is 19.5. The fourth-order valence-electron chi connectivity index (χ4n) is 3.18. The van der Waals surface area contributed by atoms with Crippen LogP contribution in [0.1, 0.15) is 11.1 Å². The van der Waals surface area contributed by atoms with Gasteiger partial charge in [-0.3, -0.25) is 14.9 Å². The van der Waals surface area contributed by atoms with E-state index in [0.717, 1.165) is 10.5 Å². The Kier molecular flexibility index (Phi) is 6.79. The zero-order valence-electron chi connectivity index (χ0n) is 17.2. The SMILES string of the molecule is O=C1NC(=O)N(c2ccc(OCc3ccc(Cl)cc3Cl)cc2)C(=O)/C1=C/c1cc(Cl)ccc1O. The molecule has 172 valence electrons. The standard InChI is InChI=1S/C24H15Cl3N2O5/c25-15-3-8-21(30)14(9-15)10-19-22(31)28-24(33)29(23(19)32)17-4-6-18(7-5-17)34-12-13-1-2-16(26)11-20(13)27/h1-11,30H,12H2,(H,28,31,33)/b19-10+. The molecular weight excluding hydrogens is 503 g/mol. The van der Waals surface area contributed by atoms with Crippen molar-refractivity contribution in [2.45, 2.75) is 6.61 Å². The van der Waals surface area contributed by atoms with Crippen molar-refractivity contribution in [3.8, 4) is 11.5 Å². The molecule has 0 saturated carbocycles. The van der Waals surface area contributed by atoms with Crippen LogP contribution in [0.5, 0.6) is 11.5 Å². The second-order valence-electron chi connectivity index (χ2n) is 7.18. The third kappa shape index (κ3) is 5.02. The Labute approximate surface area is 209 Å². The first kappa shape index (κ1) is 23.6. The van der Waals surface area contributed by atoms with E-state index >= 15 is 0 Å². The number of hydrogen-bond acceptors (Lipinski definition) is 5. The van der Waals surface area contributed by atoms with Gasteiger partial charge in [0.25, 0.3) is 11.8 Å². The third-order valence-electron chi connectivity index (χ3n) is 4.90. The van der Waals surface area contributed by atoms with E-state index in [2.05, 4.69) is 5.32 Å². The molecule has 0 spiro atoms. The topological polar surface area (TPSA) is 95.9 Å². The molecule has 34 heavy (non-hydrogen) atoms. The van der Waals surface area contributed by atoms with Gasteiger partial charge in [0.15, 0.2) is 0 Å². The summed E-state index contributed by atoms with van der Waals surface area (Å²) in [5, 5.41) is 13.4. The Morgan fingerprint density at radius 2 is 1.59 bits per heavy atom. The third-order valence-corrected chi connectivity index (χ3v) is 5.72. The van der Waals surface area contributed by atoms with E-state index in [-0.39, 0.29) is 29.2 Å². The van der Waals surface area contributed by atoms with Gasteiger partial charge in [0.05, 0.1) is 5.69 Å². The van der Waals surface area contributed by atoms with Gasteiger partial charge in [0.2, 0.25) is 0 Å². The van der Waals surface area contributed by atoms with Gasteiger partial charge >= 0.3 is 6.03 Å². The average Bonchev–Trinajstić information content (AvgIpc) is 2.79.